The van der Waals surface area contributed by atoms with Crippen LogP contribution in [0.3, 0.4) is 0 Å². The summed E-state index contributed by atoms with van der Waals surface area (Å²) < 4.78 is 11.8. The number of nitrogen functional groups attached to an aromatic ring is 1. The maximum atomic E-state index is 12.6. The van der Waals surface area contributed by atoms with Gasteiger partial charge in [-0.25, -0.2) is 14.8 Å². The number of rotatable bonds is 7. The maximum absolute atomic E-state index is 12.6. The zero-order valence-corrected chi connectivity index (χ0v) is 19.6. The molecule has 1 aliphatic heterocycles. The average Bonchev–Trinajstić information content (AvgIpc) is 3.44. The zero-order chi connectivity index (χ0) is 23.5. The lowest BCUT2D eigenvalue weighted by Gasteiger charge is -2.19. The van der Waals surface area contributed by atoms with Gasteiger partial charge in [-0.2, -0.15) is 4.98 Å². The molecule has 0 saturated carbocycles. The van der Waals surface area contributed by atoms with E-state index < -0.39 is 11.7 Å². The smallest absolute Gasteiger partial charge is 0.360 e. The number of ether oxygens (including phenoxy) is 2. The van der Waals surface area contributed by atoms with E-state index >= 15 is 0 Å². The number of para-hydroxylation sites is 1. The van der Waals surface area contributed by atoms with Crippen molar-refractivity contribution in [2.45, 2.75) is 29.5 Å². The first kappa shape index (κ1) is 22.5. The Morgan fingerprint density at radius 1 is 1.15 bits per heavy atom. The Kier molecular flexibility index (Phi) is 6.33. The molecule has 5 rings (SSSR count). The molecular formula is C23H21N5O4S2. The van der Waals surface area contributed by atoms with Crippen molar-refractivity contribution in [3.63, 3.8) is 0 Å². The molecule has 3 heterocycles. The predicted molar refractivity (Wildman–Crippen MR) is 130 cm³/mol. The molecule has 1 saturated heterocycles. The van der Waals surface area contributed by atoms with E-state index in [0.717, 1.165) is 28.4 Å². The van der Waals surface area contributed by atoms with Crippen molar-refractivity contribution in [3.8, 4) is 17.4 Å². The molecule has 0 amide bonds. The largest absolute Gasteiger partial charge is 0.457 e. The quantitative estimate of drug-likeness (QED) is 0.198. The Bertz CT molecular complexity index is 1330. The van der Waals surface area contributed by atoms with E-state index in [1.807, 2.05) is 54.6 Å². The van der Waals surface area contributed by atoms with Crippen molar-refractivity contribution in [1.82, 2.24) is 20.3 Å². The highest BCUT2D eigenvalue weighted by molar-refractivity contribution is 7.98. The first-order valence-corrected chi connectivity index (χ1v) is 12.4. The lowest BCUT2D eigenvalue weighted by atomic mass is 10.2. The number of hydrogen-bond donors (Lipinski definition) is 3. The van der Waals surface area contributed by atoms with E-state index in [1.54, 1.807) is 0 Å². The summed E-state index contributed by atoms with van der Waals surface area (Å²) in [6, 6.07) is 17.3. The Labute approximate surface area is 203 Å². The van der Waals surface area contributed by atoms with Gasteiger partial charge in [-0.15, -0.1) is 0 Å². The van der Waals surface area contributed by atoms with Gasteiger partial charge in [0, 0.05) is 12.2 Å². The van der Waals surface area contributed by atoms with Gasteiger partial charge in [0.05, 0.1) is 0 Å². The minimum absolute atomic E-state index is 0.0370. The lowest BCUT2D eigenvalue weighted by Crippen LogP contribution is -2.49. The molecular weight excluding hydrogens is 474 g/mol. The van der Waals surface area contributed by atoms with Crippen LogP contribution in [0.5, 0.6) is 17.4 Å². The topological polar surface area (TPSA) is 132 Å². The number of aliphatic hydroxyl groups is 1. The van der Waals surface area contributed by atoms with Crippen LogP contribution in [0.25, 0.3) is 10.3 Å². The van der Waals surface area contributed by atoms with Gasteiger partial charge in [-0.1, -0.05) is 53.4 Å². The molecule has 174 valence electrons. The number of thiazole rings is 1. The fourth-order valence-corrected chi connectivity index (χ4v) is 4.95. The third-order valence-electron chi connectivity index (χ3n) is 5.12. The number of benzene rings is 2. The summed E-state index contributed by atoms with van der Waals surface area (Å²) in [7, 11) is 0. The molecule has 0 unspecified atom stereocenters. The van der Waals surface area contributed by atoms with Gasteiger partial charge < -0.3 is 20.3 Å². The van der Waals surface area contributed by atoms with Crippen molar-refractivity contribution < 1.29 is 19.4 Å². The van der Waals surface area contributed by atoms with Crippen LogP contribution in [0.2, 0.25) is 0 Å². The van der Waals surface area contributed by atoms with Gasteiger partial charge in [0.15, 0.2) is 15.9 Å². The monoisotopic (exact) mass is 495 g/mol. The second-order valence-corrected chi connectivity index (χ2v) is 9.62. The van der Waals surface area contributed by atoms with Crippen molar-refractivity contribution in [2.24, 2.45) is 0 Å². The lowest BCUT2D eigenvalue weighted by molar-refractivity contribution is -0.157. The van der Waals surface area contributed by atoms with Crippen molar-refractivity contribution in [2.75, 3.05) is 12.3 Å². The first-order valence-electron chi connectivity index (χ1n) is 10.6. The summed E-state index contributed by atoms with van der Waals surface area (Å²) in [6.45, 7) is 0.534. The number of nitrogens with two attached hydrogens (primary N) is 1. The minimum atomic E-state index is -1.72. The summed E-state index contributed by atoms with van der Waals surface area (Å²) >= 11 is 2.49. The Morgan fingerprint density at radius 2 is 1.97 bits per heavy atom. The summed E-state index contributed by atoms with van der Waals surface area (Å²) in [4.78, 5) is 25.7. The number of aromatic nitrogens is 3. The van der Waals surface area contributed by atoms with Crippen LogP contribution in [0.15, 0.2) is 59.8 Å². The van der Waals surface area contributed by atoms with E-state index in [9.17, 15) is 9.90 Å². The van der Waals surface area contributed by atoms with Crippen LogP contribution in [0.4, 0.5) is 5.13 Å². The molecule has 2 aromatic carbocycles. The van der Waals surface area contributed by atoms with E-state index in [1.165, 1.54) is 11.8 Å². The van der Waals surface area contributed by atoms with Crippen molar-refractivity contribution in [3.05, 3.63) is 60.2 Å². The highest BCUT2D eigenvalue weighted by Gasteiger charge is 2.41. The predicted octanol–water partition coefficient (Wildman–Crippen LogP) is 3.73. The molecule has 2 aromatic heterocycles. The van der Waals surface area contributed by atoms with Gasteiger partial charge in [-0.05, 0) is 42.8 Å². The minimum Gasteiger partial charge on any atom is -0.457 e. The van der Waals surface area contributed by atoms with Crippen LogP contribution in [0.1, 0.15) is 18.4 Å². The summed E-state index contributed by atoms with van der Waals surface area (Å²) in [6.07, 6.45) is 0.945. The Morgan fingerprint density at radius 3 is 2.76 bits per heavy atom. The van der Waals surface area contributed by atoms with Crippen molar-refractivity contribution >= 4 is 44.5 Å². The number of hydrogen-bond acceptors (Lipinski definition) is 11. The molecule has 9 nitrogen and oxygen atoms in total. The van der Waals surface area contributed by atoms with Crippen LogP contribution in [0, 0.1) is 0 Å². The number of fused-ring (bicyclic) bond motifs is 1. The van der Waals surface area contributed by atoms with Crippen LogP contribution in [-0.4, -0.2) is 38.3 Å². The van der Waals surface area contributed by atoms with Gasteiger partial charge in [0.2, 0.25) is 11.6 Å². The molecule has 4 aromatic rings. The molecule has 4 N–H and O–H groups in total. The second-order valence-electron chi connectivity index (χ2n) is 7.65. The van der Waals surface area contributed by atoms with Crippen molar-refractivity contribution in [1.29, 1.82) is 0 Å². The summed E-state index contributed by atoms with van der Waals surface area (Å²) in [5, 5.41) is 13.9. The third kappa shape index (κ3) is 4.97. The zero-order valence-electron chi connectivity index (χ0n) is 17.9. The number of anilines is 1. The maximum Gasteiger partial charge on any atom is 0.360 e. The number of nitrogens with zero attached hydrogens (tertiary/aromatic N) is 3. The fourth-order valence-electron chi connectivity index (χ4n) is 3.48. The number of carbonyl (C=O) groups is 1. The summed E-state index contributed by atoms with van der Waals surface area (Å²) in [5.74, 6) is 1.26. The Hall–Kier alpha value is -3.25. The van der Waals surface area contributed by atoms with Crippen LogP contribution >= 0.6 is 23.1 Å². The van der Waals surface area contributed by atoms with E-state index in [0.29, 0.717) is 34.2 Å². The molecule has 1 fully saturated rings. The second kappa shape index (κ2) is 9.55. The number of esters is 1. The van der Waals surface area contributed by atoms with Crippen LogP contribution < -0.4 is 20.5 Å². The van der Waals surface area contributed by atoms with Crippen LogP contribution in [-0.2, 0) is 10.5 Å². The first-order chi connectivity index (χ1) is 16.5. The third-order valence-corrected chi connectivity index (χ3v) is 6.90. The molecule has 0 aliphatic carbocycles. The molecule has 34 heavy (non-hydrogen) atoms. The molecule has 0 radical (unpaired) electrons. The van der Waals surface area contributed by atoms with E-state index in [-0.39, 0.29) is 17.4 Å². The van der Waals surface area contributed by atoms with E-state index in [4.69, 9.17) is 15.2 Å². The molecule has 11 heteroatoms. The highest BCUT2D eigenvalue weighted by atomic mass is 32.2. The molecule has 1 atom stereocenters. The fraction of sp³-hybridized carbons (Fsp3) is 0.217. The SMILES string of the molecule is Nc1nc2nc(SCc3cccc(Oc4ccccc4)c3)nc(OC(=O)[C@]3(O)CCCN3)c2s1. The highest BCUT2D eigenvalue weighted by Crippen LogP contribution is 2.34. The van der Waals surface area contributed by atoms with Gasteiger partial charge in [0.25, 0.3) is 0 Å². The standard InChI is InChI=1S/C23H21N5O4S2/c24-21-26-18-17(34-21)19(32-20(29)23(30)10-5-11-25-23)28-22(27-18)33-13-14-6-4-9-16(12-14)31-15-7-2-1-3-8-15/h1-4,6-9,12,25,30H,5,10-11,13H2,(H2,24,26,27,28)/t23-/m1/s1. The van der Waals surface area contributed by atoms with Gasteiger partial charge >= 0.3 is 5.97 Å². The number of nitrogens with one attached hydrogen (secondary N) is 1. The molecule has 0 bridgehead atoms. The normalized spacial score (nSPS) is 17.7. The summed E-state index contributed by atoms with van der Waals surface area (Å²) in [5.41, 5.74) is 5.47. The number of carbonyl (C=O) groups excluding carboxylic acids is 1. The Balaban J connectivity index is 1.34. The molecule has 0 spiro atoms. The molecule has 1 aliphatic rings. The van der Waals surface area contributed by atoms with E-state index in [2.05, 4.69) is 20.3 Å². The number of thioether (sulfide) groups is 1. The van der Waals surface area contributed by atoms with Gasteiger partial charge in [0.1, 0.15) is 16.2 Å². The van der Waals surface area contributed by atoms with Gasteiger partial charge in [-0.3, -0.25) is 5.32 Å². The average molecular weight is 496 g/mol.